The average Bonchev–Trinajstić information content (AvgIpc) is 3.23. The monoisotopic (exact) mass is 403 g/mol. The third-order valence-electron chi connectivity index (χ3n) is 6.37. The first-order valence-electron chi connectivity index (χ1n) is 9.81. The van der Waals surface area contributed by atoms with Crippen LogP contribution in [0.15, 0.2) is 12.1 Å². The molecule has 3 heterocycles. The van der Waals surface area contributed by atoms with Crippen LogP contribution < -0.4 is 0 Å². The van der Waals surface area contributed by atoms with E-state index >= 15 is 0 Å². The third kappa shape index (κ3) is 3.57. The number of nitrogens with zero attached hydrogens (tertiary/aromatic N) is 3. The molecule has 2 aromatic heterocycles. The summed E-state index contributed by atoms with van der Waals surface area (Å²) in [5.41, 5.74) is 3.16. The number of aryl methyl sites for hydroxylation is 1. The van der Waals surface area contributed by atoms with Crippen LogP contribution in [0.25, 0.3) is 15.8 Å². The maximum Gasteiger partial charge on any atom is 0.152 e. The predicted octanol–water partition coefficient (Wildman–Crippen LogP) is 3.58. The number of rotatable bonds is 3. The van der Waals surface area contributed by atoms with E-state index in [1.807, 2.05) is 6.92 Å². The van der Waals surface area contributed by atoms with Gasteiger partial charge in [-0.3, -0.25) is 4.90 Å². The predicted molar refractivity (Wildman–Crippen MR) is 110 cm³/mol. The molecule has 0 aromatic carbocycles. The van der Waals surface area contributed by atoms with Crippen LogP contribution in [0.1, 0.15) is 48.5 Å². The molecule has 27 heavy (non-hydrogen) atoms. The van der Waals surface area contributed by atoms with Crippen molar-refractivity contribution in [2.75, 3.05) is 24.6 Å². The van der Waals surface area contributed by atoms with E-state index in [0.717, 1.165) is 21.7 Å². The zero-order chi connectivity index (χ0) is 18.6. The Kier molecular flexibility index (Phi) is 4.18. The molecule has 1 spiro atoms. The Bertz CT molecular complexity index is 1020. The number of thiophene rings is 1. The highest BCUT2D eigenvalue weighted by molar-refractivity contribution is 7.91. The fourth-order valence-electron chi connectivity index (χ4n) is 4.30. The van der Waals surface area contributed by atoms with E-state index in [9.17, 15) is 8.42 Å². The molecule has 1 saturated heterocycles. The van der Waals surface area contributed by atoms with Gasteiger partial charge in [0.2, 0.25) is 0 Å². The summed E-state index contributed by atoms with van der Waals surface area (Å²) in [4.78, 5) is 14.0. The highest BCUT2D eigenvalue weighted by atomic mass is 32.2. The second kappa shape index (κ2) is 6.36. The van der Waals surface area contributed by atoms with Crippen LogP contribution in [-0.2, 0) is 16.4 Å². The van der Waals surface area contributed by atoms with E-state index in [1.54, 1.807) is 11.3 Å². The molecule has 2 aliphatic carbocycles. The van der Waals surface area contributed by atoms with Crippen LogP contribution in [0, 0.1) is 12.3 Å². The van der Waals surface area contributed by atoms with E-state index in [4.69, 9.17) is 4.98 Å². The van der Waals surface area contributed by atoms with Gasteiger partial charge in [0.1, 0.15) is 10.7 Å². The van der Waals surface area contributed by atoms with Crippen molar-refractivity contribution < 1.29 is 8.42 Å². The Morgan fingerprint density at radius 1 is 1.19 bits per heavy atom. The molecule has 0 radical (unpaired) electrons. The molecule has 5 rings (SSSR count). The molecule has 144 valence electrons. The van der Waals surface area contributed by atoms with Crippen LogP contribution in [0.5, 0.6) is 0 Å². The van der Waals surface area contributed by atoms with Crippen molar-refractivity contribution in [3.63, 3.8) is 0 Å². The minimum atomic E-state index is -2.85. The standard InChI is InChI=1S/C20H25N3O2S2/c1-14-21-17(13-23-8-10-27(24,25)11-9-23)16-12-18(26-19(16)22-14)15-2-4-20(5-3-15)6-7-20/h2,12H,3-11,13H2,1H3. The van der Waals surface area contributed by atoms with Gasteiger partial charge in [-0.1, -0.05) is 6.08 Å². The van der Waals surface area contributed by atoms with Crippen molar-refractivity contribution in [3.8, 4) is 0 Å². The summed E-state index contributed by atoms with van der Waals surface area (Å²) < 4.78 is 23.4. The maximum absolute atomic E-state index is 11.7. The quantitative estimate of drug-likeness (QED) is 0.784. The van der Waals surface area contributed by atoms with Crippen LogP contribution >= 0.6 is 11.3 Å². The molecule has 0 unspecified atom stereocenters. The first kappa shape index (κ1) is 17.8. The van der Waals surface area contributed by atoms with Crippen LogP contribution in [-0.4, -0.2) is 47.9 Å². The highest BCUT2D eigenvalue weighted by Gasteiger charge is 2.42. The molecular weight excluding hydrogens is 378 g/mol. The molecule has 0 atom stereocenters. The van der Waals surface area contributed by atoms with Gasteiger partial charge in [-0.25, -0.2) is 18.4 Å². The summed E-state index contributed by atoms with van der Waals surface area (Å²) in [7, 11) is -2.85. The second-order valence-corrected chi connectivity index (χ2v) is 11.7. The van der Waals surface area contributed by atoms with Crippen molar-refractivity contribution in [3.05, 3.63) is 28.5 Å². The van der Waals surface area contributed by atoms with Gasteiger partial charge in [0.05, 0.1) is 17.2 Å². The van der Waals surface area contributed by atoms with Crippen molar-refractivity contribution in [2.45, 2.75) is 45.6 Å². The first-order chi connectivity index (χ1) is 12.9. The molecular formula is C20H25N3O2S2. The topological polar surface area (TPSA) is 63.2 Å². The lowest BCUT2D eigenvalue weighted by atomic mass is 9.86. The summed E-state index contributed by atoms with van der Waals surface area (Å²) in [6.45, 7) is 3.83. The largest absolute Gasteiger partial charge is 0.295 e. The van der Waals surface area contributed by atoms with Gasteiger partial charge in [0, 0.05) is 29.9 Å². The van der Waals surface area contributed by atoms with Gasteiger partial charge < -0.3 is 0 Å². The minimum Gasteiger partial charge on any atom is -0.295 e. The minimum absolute atomic E-state index is 0.254. The Balaban J connectivity index is 1.43. The lowest BCUT2D eigenvalue weighted by molar-refractivity contribution is 0.285. The number of fused-ring (bicyclic) bond motifs is 1. The van der Waals surface area contributed by atoms with E-state index < -0.39 is 9.84 Å². The van der Waals surface area contributed by atoms with Crippen LogP contribution in [0.3, 0.4) is 0 Å². The van der Waals surface area contributed by atoms with E-state index in [2.05, 4.69) is 22.0 Å². The SMILES string of the molecule is Cc1nc(CN2CCS(=O)(=O)CC2)c2cc(C3=CCC4(CC3)CC4)sc2n1. The smallest absolute Gasteiger partial charge is 0.152 e. The number of aromatic nitrogens is 2. The Labute approximate surface area is 164 Å². The molecule has 7 heteroatoms. The van der Waals surface area contributed by atoms with Crippen molar-refractivity contribution in [1.29, 1.82) is 0 Å². The van der Waals surface area contributed by atoms with Crippen LogP contribution in [0.2, 0.25) is 0 Å². The Morgan fingerprint density at radius 2 is 1.96 bits per heavy atom. The van der Waals surface area contributed by atoms with Gasteiger partial charge in [-0.15, -0.1) is 11.3 Å². The number of sulfone groups is 1. The summed E-state index contributed by atoms with van der Waals surface area (Å²) in [6, 6.07) is 2.27. The number of hydrogen-bond acceptors (Lipinski definition) is 6. The van der Waals surface area contributed by atoms with Crippen LogP contribution in [0.4, 0.5) is 0 Å². The second-order valence-electron chi connectivity index (χ2n) is 8.41. The van der Waals surface area contributed by atoms with E-state index in [1.165, 1.54) is 42.6 Å². The molecule has 2 fully saturated rings. The fourth-order valence-corrected chi connectivity index (χ4v) is 6.74. The lowest BCUT2D eigenvalue weighted by Gasteiger charge is -2.26. The van der Waals surface area contributed by atoms with Crippen molar-refractivity contribution in [2.24, 2.45) is 5.41 Å². The first-order valence-corrected chi connectivity index (χ1v) is 12.4. The summed E-state index contributed by atoms with van der Waals surface area (Å²) in [5, 5.41) is 1.14. The molecule has 2 aromatic rings. The van der Waals surface area contributed by atoms with Crippen molar-refractivity contribution in [1.82, 2.24) is 14.9 Å². The molecule has 3 aliphatic rings. The molecule has 0 amide bonds. The molecule has 1 aliphatic heterocycles. The van der Waals surface area contributed by atoms with Gasteiger partial charge in [0.25, 0.3) is 0 Å². The maximum atomic E-state index is 11.7. The fraction of sp³-hybridized carbons (Fsp3) is 0.600. The van der Waals surface area contributed by atoms with Gasteiger partial charge in [0.15, 0.2) is 9.84 Å². The normalized spacial score (nSPS) is 24.3. The zero-order valence-corrected chi connectivity index (χ0v) is 17.3. The van der Waals surface area contributed by atoms with Gasteiger partial charge >= 0.3 is 0 Å². The number of hydrogen-bond donors (Lipinski definition) is 0. The Morgan fingerprint density at radius 3 is 2.63 bits per heavy atom. The average molecular weight is 404 g/mol. The van der Waals surface area contributed by atoms with Gasteiger partial charge in [-0.05, 0) is 56.1 Å². The van der Waals surface area contributed by atoms with Gasteiger partial charge in [-0.2, -0.15) is 0 Å². The van der Waals surface area contributed by atoms with Crippen molar-refractivity contribution >= 4 is 37.0 Å². The molecule has 5 nitrogen and oxygen atoms in total. The summed E-state index contributed by atoms with van der Waals surface area (Å²) in [6.07, 6.45) is 9.01. The molecule has 0 bridgehead atoms. The summed E-state index contributed by atoms with van der Waals surface area (Å²) >= 11 is 1.78. The highest BCUT2D eigenvalue weighted by Crippen LogP contribution is 2.56. The third-order valence-corrected chi connectivity index (χ3v) is 9.09. The molecule has 1 saturated carbocycles. The van der Waals surface area contributed by atoms with E-state index in [-0.39, 0.29) is 11.5 Å². The molecule has 0 N–H and O–H groups in total. The lowest BCUT2D eigenvalue weighted by Crippen LogP contribution is -2.39. The zero-order valence-electron chi connectivity index (χ0n) is 15.7. The summed E-state index contributed by atoms with van der Waals surface area (Å²) in [5.74, 6) is 1.30. The Hall–Kier alpha value is -1.31. The van der Waals surface area contributed by atoms with E-state index in [0.29, 0.717) is 25.0 Å². The number of allylic oxidation sites excluding steroid dienone is 2.